The molecule has 1 aromatic heterocycles. The van der Waals surface area contributed by atoms with E-state index in [9.17, 15) is 4.79 Å². The predicted molar refractivity (Wildman–Crippen MR) is 68.2 cm³/mol. The number of aromatic nitrogens is 3. The van der Waals surface area contributed by atoms with Crippen LogP contribution in [0.2, 0.25) is 0 Å². The molecule has 2 N–H and O–H groups in total. The Kier molecular flexibility index (Phi) is 3.93. The van der Waals surface area contributed by atoms with Crippen LogP contribution in [0.15, 0.2) is 29.0 Å². The number of halogens is 1. The van der Waals surface area contributed by atoms with E-state index in [0.717, 1.165) is 4.47 Å². The molecule has 1 aromatic carbocycles. The second kappa shape index (κ2) is 5.63. The molecule has 0 saturated heterocycles. The second-order valence-corrected chi connectivity index (χ2v) is 4.38. The number of hydrogen-bond acceptors (Lipinski definition) is 4. The maximum absolute atomic E-state index is 12.0. The minimum atomic E-state index is -0.226. The number of amides is 1. The van der Waals surface area contributed by atoms with Crippen molar-refractivity contribution in [1.82, 2.24) is 20.5 Å². The smallest absolute Gasteiger partial charge is 0.255 e. The molecule has 7 heteroatoms. The first kappa shape index (κ1) is 12.6. The Morgan fingerprint density at radius 1 is 1.56 bits per heavy atom. The van der Waals surface area contributed by atoms with E-state index in [2.05, 4.69) is 36.4 Å². The second-order valence-electron chi connectivity index (χ2n) is 3.46. The first-order valence-corrected chi connectivity index (χ1v) is 5.96. The summed E-state index contributed by atoms with van der Waals surface area (Å²) in [5, 5.41) is 9.09. The van der Waals surface area contributed by atoms with E-state index in [0.29, 0.717) is 17.1 Å². The van der Waals surface area contributed by atoms with Gasteiger partial charge in [-0.2, -0.15) is 5.10 Å². The van der Waals surface area contributed by atoms with E-state index in [1.807, 2.05) is 0 Å². The van der Waals surface area contributed by atoms with Gasteiger partial charge in [0, 0.05) is 4.47 Å². The summed E-state index contributed by atoms with van der Waals surface area (Å²) in [5.41, 5.74) is 0.472. The summed E-state index contributed by atoms with van der Waals surface area (Å²) in [5.74, 6) is 0.884. The predicted octanol–water partition coefficient (Wildman–Crippen LogP) is 1.51. The monoisotopic (exact) mass is 310 g/mol. The number of aromatic amines is 1. The molecule has 0 aliphatic heterocycles. The molecular formula is C11H11BrN4O2. The highest BCUT2D eigenvalue weighted by Gasteiger charge is 2.12. The zero-order chi connectivity index (χ0) is 13.0. The molecule has 0 spiro atoms. The van der Waals surface area contributed by atoms with Crippen molar-refractivity contribution in [3.63, 3.8) is 0 Å². The first-order chi connectivity index (χ1) is 8.70. The van der Waals surface area contributed by atoms with Crippen LogP contribution in [0.25, 0.3) is 0 Å². The number of H-pyrrole nitrogens is 1. The summed E-state index contributed by atoms with van der Waals surface area (Å²) in [6, 6.07) is 5.22. The van der Waals surface area contributed by atoms with Gasteiger partial charge in [0.2, 0.25) is 0 Å². The zero-order valence-corrected chi connectivity index (χ0v) is 11.2. The molecule has 0 radical (unpaired) electrons. The fourth-order valence-corrected chi connectivity index (χ4v) is 1.77. The van der Waals surface area contributed by atoms with Crippen LogP contribution in [-0.4, -0.2) is 28.2 Å². The molecule has 0 aliphatic rings. The van der Waals surface area contributed by atoms with Gasteiger partial charge in [0.1, 0.15) is 17.9 Å². The van der Waals surface area contributed by atoms with Crippen LogP contribution in [0, 0.1) is 0 Å². The maximum atomic E-state index is 12.0. The van der Waals surface area contributed by atoms with Crippen molar-refractivity contribution in [2.75, 3.05) is 7.11 Å². The lowest BCUT2D eigenvalue weighted by atomic mass is 10.2. The molecule has 0 atom stereocenters. The minimum Gasteiger partial charge on any atom is -0.496 e. The Balaban J connectivity index is 2.09. The average molecular weight is 311 g/mol. The fraction of sp³-hybridized carbons (Fsp3) is 0.182. The Labute approximate surface area is 112 Å². The number of rotatable bonds is 4. The van der Waals surface area contributed by atoms with Gasteiger partial charge in [-0.3, -0.25) is 9.89 Å². The highest BCUT2D eigenvalue weighted by molar-refractivity contribution is 9.10. The molecule has 1 amide bonds. The van der Waals surface area contributed by atoms with Crippen molar-refractivity contribution < 1.29 is 9.53 Å². The maximum Gasteiger partial charge on any atom is 0.255 e. The summed E-state index contributed by atoms with van der Waals surface area (Å²) < 4.78 is 6.01. The van der Waals surface area contributed by atoms with Gasteiger partial charge in [0.25, 0.3) is 5.91 Å². The van der Waals surface area contributed by atoms with Crippen molar-refractivity contribution in [2.24, 2.45) is 0 Å². The number of nitrogens with one attached hydrogen (secondary N) is 2. The van der Waals surface area contributed by atoms with E-state index in [1.54, 1.807) is 18.2 Å². The van der Waals surface area contributed by atoms with Gasteiger partial charge in [-0.05, 0) is 18.2 Å². The molecule has 2 rings (SSSR count). The van der Waals surface area contributed by atoms with Crippen molar-refractivity contribution in [2.45, 2.75) is 6.54 Å². The number of nitrogens with zero attached hydrogens (tertiary/aromatic N) is 2. The highest BCUT2D eigenvalue weighted by atomic mass is 79.9. The summed E-state index contributed by atoms with van der Waals surface area (Å²) >= 11 is 3.32. The van der Waals surface area contributed by atoms with Gasteiger partial charge in [-0.25, -0.2) is 4.98 Å². The van der Waals surface area contributed by atoms with Crippen LogP contribution in [0.3, 0.4) is 0 Å². The number of methoxy groups -OCH3 is 1. The van der Waals surface area contributed by atoms with E-state index in [-0.39, 0.29) is 12.5 Å². The molecule has 6 nitrogen and oxygen atoms in total. The van der Waals surface area contributed by atoms with Gasteiger partial charge in [0.15, 0.2) is 0 Å². The molecule has 0 saturated carbocycles. The molecular weight excluding hydrogens is 300 g/mol. The van der Waals surface area contributed by atoms with Gasteiger partial charge in [-0.1, -0.05) is 15.9 Å². The SMILES string of the molecule is COc1cc(Br)ccc1C(=O)NCc1ncn[nH]1. The summed E-state index contributed by atoms with van der Waals surface area (Å²) in [7, 11) is 1.52. The van der Waals surface area contributed by atoms with Crippen LogP contribution in [0.5, 0.6) is 5.75 Å². The van der Waals surface area contributed by atoms with E-state index >= 15 is 0 Å². The number of hydrogen-bond donors (Lipinski definition) is 2. The van der Waals surface area contributed by atoms with Crippen LogP contribution >= 0.6 is 15.9 Å². The normalized spacial score (nSPS) is 10.1. The van der Waals surface area contributed by atoms with E-state index in [4.69, 9.17) is 4.74 Å². The lowest BCUT2D eigenvalue weighted by Gasteiger charge is -2.08. The quantitative estimate of drug-likeness (QED) is 0.897. The Hall–Kier alpha value is -1.89. The minimum absolute atomic E-state index is 0.226. The molecule has 2 aromatic rings. The average Bonchev–Trinajstić information content (AvgIpc) is 2.88. The van der Waals surface area contributed by atoms with Gasteiger partial charge >= 0.3 is 0 Å². The third-order valence-corrected chi connectivity index (χ3v) is 2.78. The third kappa shape index (κ3) is 2.86. The van der Waals surface area contributed by atoms with Crippen molar-refractivity contribution in [3.8, 4) is 5.75 Å². The number of benzene rings is 1. The number of carbonyl (C=O) groups is 1. The summed E-state index contributed by atoms with van der Waals surface area (Å²) in [6.07, 6.45) is 1.39. The fourth-order valence-electron chi connectivity index (χ4n) is 1.43. The highest BCUT2D eigenvalue weighted by Crippen LogP contribution is 2.23. The largest absolute Gasteiger partial charge is 0.496 e. The molecule has 18 heavy (non-hydrogen) atoms. The van der Waals surface area contributed by atoms with E-state index < -0.39 is 0 Å². The van der Waals surface area contributed by atoms with E-state index in [1.165, 1.54) is 13.4 Å². The molecule has 0 fully saturated rings. The number of ether oxygens (including phenoxy) is 1. The van der Waals surface area contributed by atoms with Crippen molar-refractivity contribution >= 4 is 21.8 Å². The van der Waals surface area contributed by atoms with Crippen LogP contribution in [-0.2, 0) is 6.54 Å². The molecule has 0 unspecified atom stereocenters. The van der Waals surface area contributed by atoms with Gasteiger partial charge in [-0.15, -0.1) is 0 Å². The Morgan fingerprint density at radius 2 is 2.39 bits per heavy atom. The summed E-state index contributed by atoms with van der Waals surface area (Å²) in [6.45, 7) is 0.290. The zero-order valence-electron chi connectivity index (χ0n) is 9.61. The van der Waals surface area contributed by atoms with Crippen molar-refractivity contribution in [3.05, 3.63) is 40.4 Å². The van der Waals surface area contributed by atoms with Crippen molar-refractivity contribution in [1.29, 1.82) is 0 Å². The standard InChI is InChI=1S/C11H11BrN4O2/c1-18-9-4-7(12)2-3-8(9)11(17)13-5-10-14-6-15-16-10/h2-4,6H,5H2,1H3,(H,13,17)(H,14,15,16). The Bertz CT molecular complexity index is 542. The third-order valence-electron chi connectivity index (χ3n) is 2.29. The van der Waals surface area contributed by atoms with Gasteiger partial charge < -0.3 is 10.1 Å². The molecule has 1 heterocycles. The van der Waals surface area contributed by atoms with Crippen LogP contribution in [0.4, 0.5) is 0 Å². The Morgan fingerprint density at radius 3 is 3.06 bits per heavy atom. The van der Waals surface area contributed by atoms with Crippen LogP contribution in [0.1, 0.15) is 16.2 Å². The summed E-state index contributed by atoms with van der Waals surface area (Å²) in [4.78, 5) is 15.9. The molecule has 0 aliphatic carbocycles. The molecule has 0 bridgehead atoms. The van der Waals surface area contributed by atoms with Crippen LogP contribution < -0.4 is 10.1 Å². The van der Waals surface area contributed by atoms with Gasteiger partial charge in [0.05, 0.1) is 19.2 Å². The lowest BCUT2D eigenvalue weighted by molar-refractivity contribution is 0.0947. The topological polar surface area (TPSA) is 79.9 Å². The molecule has 94 valence electrons. The first-order valence-electron chi connectivity index (χ1n) is 5.16. The lowest BCUT2D eigenvalue weighted by Crippen LogP contribution is -2.23. The number of carbonyl (C=O) groups excluding carboxylic acids is 1.